The van der Waals surface area contributed by atoms with Crippen LogP contribution in [-0.4, -0.2) is 22.4 Å². The highest BCUT2D eigenvalue weighted by molar-refractivity contribution is 5.88. The van der Waals surface area contributed by atoms with Gasteiger partial charge in [0.05, 0.1) is 5.52 Å². The van der Waals surface area contributed by atoms with Crippen LogP contribution >= 0.6 is 0 Å². The topological polar surface area (TPSA) is 53.4 Å². The molecule has 0 aliphatic heterocycles. The van der Waals surface area contributed by atoms with E-state index >= 15 is 0 Å². The van der Waals surface area contributed by atoms with Gasteiger partial charge in [-0.2, -0.15) is 5.10 Å². The van der Waals surface area contributed by atoms with Crippen LogP contribution in [0.15, 0.2) is 42.5 Å². The number of aromatic nitrogens is 2. The molecule has 0 aliphatic rings. The van der Waals surface area contributed by atoms with Crippen molar-refractivity contribution in [1.29, 1.82) is 0 Å². The molecule has 3 aromatic rings. The van der Waals surface area contributed by atoms with Crippen LogP contribution in [0.5, 0.6) is 11.5 Å². The van der Waals surface area contributed by atoms with Gasteiger partial charge in [-0.3, -0.25) is 9.48 Å². The van der Waals surface area contributed by atoms with Gasteiger partial charge >= 0.3 is 6.36 Å². The molecule has 0 saturated carbocycles. The number of hydrogen-bond donors (Lipinski definition) is 0. The molecule has 0 N–H and O–H groups in total. The highest BCUT2D eigenvalue weighted by Crippen LogP contribution is 2.26. The molecule has 0 bridgehead atoms. The van der Waals surface area contributed by atoms with E-state index in [1.165, 1.54) is 24.3 Å². The van der Waals surface area contributed by atoms with E-state index in [-0.39, 0.29) is 12.4 Å². The van der Waals surface area contributed by atoms with E-state index < -0.39 is 6.36 Å². The summed E-state index contributed by atoms with van der Waals surface area (Å²) >= 11 is 0. The van der Waals surface area contributed by atoms with E-state index in [1.807, 2.05) is 0 Å². The third-order valence-corrected chi connectivity index (χ3v) is 3.52. The fraction of sp³-hybridized carbons (Fsp3) is 0.176. The molecule has 8 heteroatoms. The van der Waals surface area contributed by atoms with Crippen LogP contribution in [0.3, 0.4) is 0 Å². The fourth-order valence-corrected chi connectivity index (χ4v) is 2.42. The van der Waals surface area contributed by atoms with Crippen molar-refractivity contribution >= 4 is 17.2 Å². The van der Waals surface area contributed by atoms with Crippen LogP contribution in [-0.2, 0) is 13.7 Å². The van der Waals surface area contributed by atoms with Crippen LogP contribution in [0.4, 0.5) is 13.2 Å². The van der Waals surface area contributed by atoms with Crippen LogP contribution in [0.25, 0.3) is 10.9 Å². The van der Waals surface area contributed by atoms with E-state index in [4.69, 9.17) is 4.74 Å². The Morgan fingerprint density at radius 1 is 1.12 bits per heavy atom. The summed E-state index contributed by atoms with van der Waals surface area (Å²) in [6.07, 6.45) is -3.97. The SMILES string of the molecule is Cn1nc(COc2ccc(OC(F)(F)F)cc2)c2ccc(C=O)cc21. The van der Waals surface area contributed by atoms with Crippen molar-refractivity contribution in [1.82, 2.24) is 9.78 Å². The minimum Gasteiger partial charge on any atom is -0.487 e. The Balaban J connectivity index is 1.73. The monoisotopic (exact) mass is 350 g/mol. The molecule has 2 aromatic carbocycles. The van der Waals surface area contributed by atoms with Gasteiger partial charge in [-0.25, -0.2) is 0 Å². The Morgan fingerprint density at radius 3 is 2.44 bits per heavy atom. The average Bonchev–Trinajstić information content (AvgIpc) is 2.88. The molecule has 0 fully saturated rings. The number of ether oxygens (including phenoxy) is 2. The number of halogens is 3. The second kappa shape index (κ2) is 6.46. The van der Waals surface area contributed by atoms with Gasteiger partial charge in [0.15, 0.2) is 0 Å². The number of aryl methyl sites for hydroxylation is 1. The smallest absolute Gasteiger partial charge is 0.487 e. The van der Waals surface area contributed by atoms with E-state index in [1.54, 1.807) is 29.9 Å². The molecule has 1 heterocycles. The second-order valence-electron chi connectivity index (χ2n) is 5.27. The lowest BCUT2D eigenvalue weighted by Crippen LogP contribution is -2.16. The van der Waals surface area contributed by atoms with Gasteiger partial charge in [0, 0.05) is 18.0 Å². The molecule has 0 spiro atoms. The van der Waals surface area contributed by atoms with Gasteiger partial charge in [-0.15, -0.1) is 13.2 Å². The highest BCUT2D eigenvalue weighted by atomic mass is 19.4. The molecule has 5 nitrogen and oxygen atoms in total. The Labute approximate surface area is 140 Å². The number of carbonyl (C=O) groups is 1. The molecule has 0 radical (unpaired) electrons. The molecular formula is C17H13F3N2O3. The van der Waals surface area contributed by atoms with Crippen LogP contribution in [0, 0.1) is 0 Å². The van der Waals surface area contributed by atoms with Gasteiger partial charge in [-0.1, -0.05) is 12.1 Å². The molecule has 3 rings (SSSR count). The average molecular weight is 350 g/mol. The van der Waals surface area contributed by atoms with Gasteiger partial charge in [0.25, 0.3) is 0 Å². The van der Waals surface area contributed by atoms with E-state index in [0.717, 1.165) is 17.2 Å². The fourth-order valence-electron chi connectivity index (χ4n) is 2.42. The first kappa shape index (κ1) is 16.8. The maximum absolute atomic E-state index is 12.1. The molecule has 25 heavy (non-hydrogen) atoms. The quantitative estimate of drug-likeness (QED) is 0.656. The van der Waals surface area contributed by atoms with Crippen molar-refractivity contribution in [2.75, 3.05) is 0 Å². The van der Waals surface area contributed by atoms with Crippen molar-refractivity contribution in [2.24, 2.45) is 7.05 Å². The molecule has 0 unspecified atom stereocenters. The van der Waals surface area contributed by atoms with Gasteiger partial charge < -0.3 is 9.47 Å². The molecule has 1 aromatic heterocycles. The lowest BCUT2D eigenvalue weighted by Gasteiger charge is -2.09. The number of fused-ring (bicyclic) bond motifs is 1. The normalized spacial score (nSPS) is 11.5. The Morgan fingerprint density at radius 2 is 1.80 bits per heavy atom. The zero-order chi connectivity index (χ0) is 18.0. The second-order valence-corrected chi connectivity index (χ2v) is 5.27. The summed E-state index contributed by atoms with van der Waals surface area (Å²) in [4.78, 5) is 10.9. The maximum atomic E-state index is 12.1. The van der Waals surface area contributed by atoms with Gasteiger partial charge in [0.1, 0.15) is 30.1 Å². The summed E-state index contributed by atoms with van der Waals surface area (Å²) in [7, 11) is 1.75. The molecule has 0 amide bonds. The third-order valence-electron chi connectivity index (χ3n) is 3.52. The highest BCUT2D eigenvalue weighted by Gasteiger charge is 2.30. The number of carbonyl (C=O) groups excluding carboxylic acids is 1. The zero-order valence-electron chi connectivity index (χ0n) is 13.1. The van der Waals surface area contributed by atoms with Crippen molar-refractivity contribution in [3.05, 3.63) is 53.7 Å². The van der Waals surface area contributed by atoms with Crippen molar-refractivity contribution in [2.45, 2.75) is 13.0 Å². The molecule has 0 saturated heterocycles. The van der Waals surface area contributed by atoms with Gasteiger partial charge in [-0.05, 0) is 30.3 Å². The first-order valence-electron chi connectivity index (χ1n) is 7.25. The van der Waals surface area contributed by atoms with E-state index in [0.29, 0.717) is 17.0 Å². The summed E-state index contributed by atoms with van der Waals surface area (Å²) < 4.78 is 47.4. The van der Waals surface area contributed by atoms with Crippen LogP contribution < -0.4 is 9.47 Å². The number of hydrogen-bond acceptors (Lipinski definition) is 4. The van der Waals surface area contributed by atoms with Crippen molar-refractivity contribution in [3.63, 3.8) is 0 Å². The third kappa shape index (κ3) is 3.90. The lowest BCUT2D eigenvalue weighted by molar-refractivity contribution is -0.274. The number of rotatable bonds is 5. The Kier molecular flexibility index (Phi) is 4.35. The minimum absolute atomic E-state index is 0.136. The predicted octanol–water partition coefficient (Wildman–Crippen LogP) is 3.86. The summed E-state index contributed by atoms with van der Waals surface area (Å²) in [5.41, 5.74) is 1.99. The van der Waals surface area contributed by atoms with Crippen molar-refractivity contribution in [3.8, 4) is 11.5 Å². The van der Waals surface area contributed by atoms with Crippen molar-refractivity contribution < 1.29 is 27.4 Å². The molecule has 0 atom stereocenters. The van der Waals surface area contributed by atoms with E-state index in [2.05, 4.69) is 9.84 Å². The molecule has 0 aliphatic carbocycles. The first-order chi connectivity index (χ1) is 11.9. The minimum atomic E-state index is -4.73. The van der Waals surface area contributed by atoms with Crippen LogP contribution in [0.1, 0.15) is 16.1 Å². The summed E-state index contributed by atoms with van der Waals surface area (Å²) in [5.74, 6) is 0.0716. The Hall–Kier alpha value is -3.03. The van der Waals surface area contributed by atoms with E-state index in [9.17, 15) is 18.0 Å². The summed E-state index contributed by atoms with van der Waals surface area (Å²) in [6, 6.07) is 10.3. The largest absolute Gasteiger partial charge is 0.573 e. The summed E-state index contributed by atoms with van der Waals surface area (Å²) in [6.45, 7) is 0.136. The molecule has 130 valence electrons. The van der Waals surface area contributed by atoms with Crippen LogP contribution in [0.2, 0.25) is 0 Å². The predicted molar refractivity (Wildman–Crippen MR) is 83.6 cm³/mol. The lowest BCUT2D eigenvalue weighted by atomic mass is 10.1. The number of nitrogens with zero attached hydrogens (tertiary/aromatic N) is 2. The Bertz CT molecular complexity index is 902. The molecular weight excluding hydrogens is 337 g/mol. The zero-order valence-corrected chi connectivity index (χ0v) is 13.1. The number of benzene rings is 2. The number of alkyl halides is 3. The maximum Gasteiger partial charge on any atom is 0.573 e. The standard InChI is InChI=1S/C17H13F3N2O3/c1-22-16-8-11(9-23)2-7-14(16)15(21-22)10-24-12-3-5-13(6-4-12)25-17(18,19)20/h2-9H,10H2,1H3. The number of aldehydes is 1. The first-order valence-corrected chi connectivity index (χ1v) is 7.25. The summed E-state index contributed by atoms with van der Waals surface area (Å²) in [5, 5.41) is 5.19. The van der Waals surface area contributed by atoms with Gasteiger partial charge in [0.2, 0.25) is 0 Å².